The molecule has 1 saturated carbocycles. The van der Waals surface area contributed by atoms with Crippen LogP contribution in [0, 0.1) is 11.8 Å². The van der Waals surface area contributed by atoms with E-state index in [0.29, 0.717) is 24.9 Å². The van der Waals surface area contributed by atoms with Crippen LogP contribution in [0.25, 0.3) is 0 Å². The van der Waals surface area contributed by atoms with Gasteiger partial charge in [-0.3, -0.25) is 4.79 Å². The molecule has 1 heterocycles. The summed E-state index contributed by atoms with van der Waals surface area (Å²) in [7, 11) is 0. The van der Waals surface area contributed by atoms with Gasteiger partial charge in [-0.15, -0.1) is 0 Å². The molecule has 26 heavy (non-hydrogen) atoms. The Morgan fingerprint density at radius 3 is 2.81 bits per heavy atom. The Morgan fingerprint density at radius 1 is 1.35 bits per heavy atom. The quantitative estimate of drug-likeness (QED) is 0.701. The molecule has 0 atom stereocenters. The smallest absolute Gasteiger partial charge is 0.226 e. The summed E-state index contributed by atoms with van der Waals surface area (Å²) >= 11 is 6.10. The van der Waals surface area contributed by atoms with Crippen LogP contribution in [-0.2, 0) is 17.9 Å². The average molecular weight is 374 g/mol. The van der Waals surface area contributed by atoms with E-state index in [1.54, 1.807) is 0 Å². The van der Waals surface area contributed by atoms with Crippen molar-refractivity contribution in [3.05, 3.63) is 53.1 Å². The number of rotatable bonds is 7. The van der Waals surface area contributed by atoms with Crippen molar-refractivity contribution in [1.82, 2.24) is 14.5 Å². The second-order valence-corrected chi connectivity index (χ2v) is 8.13. The molecule has 5 heteroatoms. The monoisotopic (exact) mass is 373 g/mol. The maximum atomic E-state index is 13.0. The van der Waals surface area contributed by atoms with Gasteiger partial charge in [-0.2, -0.15) is 0 Å². The molecule has 1 aromatic carbocycles. The fraction of sp³-hybridized carbons (Fsp3) is 0.524. The summed E-state index contributed by atoms with van der Waals surface area (Å²) in [6.07, 6.45) is 8.21. The molecule has 1 amide bonds. The number of hydrogen-bond donors (Lipinski definition) is 0. The standard InChI is InChI=1S/C21H28ClN3O/c1-16(2)13-25(21(26)18-7-3-4-8-18)15-20-23-10-11-24(20)14-17-6-5-9-19(22)12-17/h5-6,9-12,16,18H,3-4,7-8,13-15H2,1-2H3. The number of halogens is 1. The van der Waals surface area contributed by atoms with E-state index in [-0.39, 0.29) is 5.92 Å². The maximum absolute atomic E-state index is 13.0. The van der Waals surface area contributed by atoms with Crippen molar-refractivity contribution >= 4 is 17.5 Å². The lowest BCUT2D eigenvalue weighted by atomic mass is 10.1. The third-order valence-corrected chi connectivity index (χ3v) is 5.21. The lowest BCUT2D eigenvalue weighted by Crippen LogP contribution is -2.38. The molecule has 3 rings (SSSR count). The molecule has 1 aliphatic carbocycles. The van der Waals surface area contributed by atoms with E-state index in [2.05, 4.69) is 29.5 Å². The topological polar surface area (TPSA) is 38.1 Å². The molecule has 0 aliphatic heterocycles. The molecule has 0 bridgehead atoms. The summed E-state index contributed by atoms with van der Waals surface area (Å²) in [6, 6.07) is 7.87. The largest absolute Gasteiger partial charge is 0.335 e. The van der Waals surface area contributed by atoms with Gasteiger partial charge in [-0.25, -0.2) is 4.98 Å². The predicted molar refractivity (Wildman–Crippen MR) is 105 cm³/mol. The number of aromatic nitrogens is 2. The van der Waals surface area contributed by atoms with E-state index < -0.39 is 0 Å². The maximum Gasteiger partial charge on any atom is 0.226 e. The van der Waals surface area contributed by atoms with Crippen molar-refractivity contribution in [3.63, 3.8) is 0 Å². The molecule has 0 N–H and O–H groups in total. The van der Waals surface area contributed by atoms with E-state index in [1.807, 2.05) is 35.5 Å². The van der Waals surface area contributed by atoms with E-state index in [9.17, 15) is 4.79 Å². The van der Waals surface area contributed by atoms with Gasteiger partial charge in [0, 0.05) is 36.4 Å². The van der Waals surface area contributed by atoms with Crippen molar-refractivity contribution in [2.75, 3.05) is 6.54 Å². The van der Waals surface area contributed by atoms with E-state index in [0.717, 1.165) is 35.8 Å². The van der Waals surface area contributed by atoms with E-state index in [1.165, 1.54) is 12.8 Å². The van der Waals surface area contributed by atoms with Gasteiger partial charge in [0.15, 0.2) is 0 Å². The normalized spacial score (nSPS) is 14.9. The van der Waals surface area contributed by atoms with Crippen LogP contribution in [0.15, 0.2) is 36.7 Å². The molecule has 1 fully saturated rings. The SMILES string of the molecule is CC(C)CN(Cc1nccn1Cc1cccc(Cl)c1)C(=O)C1CCCC1. The van der Waals surface area contributed by atoms with Crippen molar-refractivity contribution in [2.24, 2.45) is 11.8 Å². The lowest BCUT2D eigenvalue weighted by molar-refractivity contribution is -0.136. The molecule has 4 nitrogen and oxygen atoms in total. The van der Waals surface area contributed by atoms with Gasteiger partial charge in [0.1, 0.15) is 5.82 Å². The Kier molecular flexibility index (Phi) is 6.36. The van der Waals surface area contributed by atoms with Crippen molar-refractivity contribution < 1.29 is 4.79 Å². The van der Waals surface area contributed by atoms with Crippen molar-refractivity contribution in [2.45, 2.75) is 52.6 Å². The van der Waals surface area contributed by atoms with Crippen molar-refractivity contribution in [1.29, 1.82) is 0 Å². The lowest BCUT2D eigenvalue weighted by Gasteiger charge is -2.27. The minimum absolute atomic E-state index is 0.199. The summed E-state index contributed by atoms with van der Waals surface area (Å²) in [5, 5.41) is 0.738. The molecule has 0 unspecified atom stereocenters. The van der Waals surface area contributed by atoms with Gasteiger partial charge in [0.2, 0.25) is 5.91 Å². The summed E-state index contributed by atoms with van der Waals surface area (Å²) in [5.41, 5.74) is 1.13. The molecule has 0 saturated heterocycles. The zero-order valence-corrected chi connectivity index (χ0v) is 16.5. The fourth-order valence-electron chi connectivity index (χ4n) is 3.74. The van der Waals surface area contributed by atoms with Gasteiger partial charge in [-0.05, 0) is 36.5 Å². The fourth-order valence-corrected chi connectivity index (χ4v) is 3.96. The number of hydrogen-bond acceptors (Lipinski definition) is 2. The predicted octanol–water partition coefficient (Wildman–Crippen LogP) is 4.76. The summed E-state index contributed by atoms with van der Waals surface area (Å²) in [4.78, 5) is 19.5. The van der Waals surface area contributed by atoms with Crippen LogP contribution in [0.3, 0.4) is 0 Å². The number of nitrogens with zero attached hydrogens (tertiary/aromatic N) is 3. The summed E-state index contributed by atoms with van der Waals surface area (Å²) < 4.78 is 2.11. The number of imidazole rings is 1. The molecule has 1 aromatic heterocycles. The number of benzene rings is 1. The highest BCUT2D eigenvalue weighted by atomic mass is 35.5. The number of carbonyl (C=O) groups is 1. The minimum Gasteiger partial charge on any atom is -0.335 e. The number of carbonyl (C=O) groups excluding carboxylic acids is 1. The zero-order valence-electron chi connectivity index (χ0n) is 15.7. The van der Waals surface area contributed by atoms with Gasteiger partial charge < -0.3 is 9.47 Å². The van der Waals surface area contributed by atoms with Gasteiger partial charge in [0.05, 0.1) is 6.54 Å². The van der Waals surface area contributed by atoms with Crippen molar-refractivity contribution in [3.8, 4) is 0 Å². The Balaban J connectivity index is 1.74. The van der Waals surface area contributed by atoms with Gasteiger partial charge in [-0.1, -0.05) is 50.4 Å². The Morgan fingerprint density at radius 2 is 2.12 bits per heavy atom. The molecular formula is C21H28ClN3O. The first-order valence-electron chi connectivity index (χ1n) is 9.56. The third kappa shape index (κ3) is 4.88. The first-order chi connectivity index (χ1) is 12.5. The molecule has 2 aromatic rings. The van der Waals surface area contributed by atoms with Gasteiger partial charge in [0.25, 0.3) is 0 Å². The Labute approximate surface area is 161 Å². The second-order valence-electron chi connectivity index (χ2n) is 7.70. The molecule has 0 radical (unpaired) electrons. The van der Waals surface area contributed by atoms with E-state index >= 15 is 0 Å². The van der Waals surface area contributed by atoms with Crippen LogP contribution in [0.5, 0.6) is 0 Å². The Bertz CT molecular complexity index is 734. The van der Waals surface area contributed by atoms with Crippen LogP contribution in [0.4, 0.5) is 0 Å². The first-order valence-corrected chi connectivity index (χ1v) is 9.94. The average Bonchev–Trinajstić information content (AvgIpc) is 3.26. The molecular weight excluding hydrogens is 346 g/mol. The summed E-state index contributed by atoms with van der Waals surface area (Å²) in [6.45, 7) is 6.38. The zero-order chi connectivity index (χ0) is 18.5. The molecule has 1 aliphatic rings. The van der Waals surface area contributed by atoms with Gasteiger partial charge >= 0.3 is 0 Å². The highest BCUT2D eigenvalue weighted by Crippen LogP contribution is 2.27. The first kappa shape index (κ1) is 19.0. The van der Waals surface area contributed by atoms with Crippen LogP contribution >= 0.6 is 11.6 Å². The van der Waals surface area contributed by atoms with Crippen LogP contribution in [0.2, 0.25) is 5.02 Å². The third-order valence-electron chi connectivity index (χ3n) is 4.98. The van der Waals surface area contributed by atoms with Crippen LogP contribution in [0.1, 0.15) is 50.9 Å². The summed E-state index contributed by atoms with van der Waals surface area (Å²) in [5.74, 6) is 1.87. The number of amides is 1. The van der Waals surface area contributed by atoms with Crippen LogP contribution in [-0.4, -0.2) is 26.9 Å². The highest BCUT2D eigenvalue weighted by molar-refractivity contribution is 6.30. The second kappa shape index (κ2) is 8.72. The molecule has 0 spiro atoms. The van der Waals surface area contributed by atoms with Crippen LogP contribution < -0.4 is 0 Å². The molecule has 140 valence electrons. The highest BCUT2D eigenvalue weighted by Gasteiger charge is 2.28. The Hall–Kier alpha value is -1.81. The van der Waals surface area contributed by atoms with E-state index in [4.69, 9.17) is 11.6 Å². The minimum atomic E-state index is 0.199.